The Hall–Kier alpha value is -4.07. The topological polar surface area (TPSA) is 77.1 Å². The number of likely N-dealkylation sites (N-methyl/N-ethyl adjacent to an activating group) is 1. The number of anilines is 2. The van der Waals surface area contributed by atoms with Crippen LogP contribution in [0.5, 0.6) is 11.5 Å². The van der Waals surface area contributed by atoms with Crippen molar-refractivity contribution in [2.45, 2.75) is 12.5 Å². The Morgan fingerprint density at radius 1 is 1.12 bits per heavy atom. The summed E-state index contributed by atoms with van der Waals surface area (Å²) in [6, 6.07) is 18.5. The monoisotopic (exact) mass is 464 g/mol. The molecule has 0 spiro atoms. The number of hydrogen-bond donors (Lipinski definition) is 1. The van der Waals surface area contributed by atoms with Gasteiger partial charge in [0.05, 0.1) is 25.8 Å². The summed E-state index contributed by atoms with van der Waals surface area (Å²) >= 11 is 0. The molecule has 0 unspecified atom stereocenters. The summed E-state index contributed by atoms with van der Waals surface area (Å²) in [4.78, 5) is 26.2. The number of nitrogens with one attached hydrogen (secondary N) is 1. The minimum atomic E-state index is -0.557. The number of nitrogens with zero attached hydrogens (tertiary/aromatic N) is 1. The van der Waals surface area contributed by atoms with Crippen LogP contribution in [0.1, 0.15) is 15.9 Å². The maximum Gasteiger partial charge on any atom is 0.309 e. The SMILES string of the molecule is COC(=O)Cc1cc(F)cc(NC(=O)c2ccc(OC[C@@H]3CN(C)c4ccccc4O3)cc2)c1. The van der Waals surface area contributed by atoms with E-state index in [0.29, 0.717) is 30.0 Å². The summed E-state index contributed by atoms with van der Waals surface area (Å²) < 4.78 is 30.4. The molecule has 3 aromatic carbocycles. The maximum atomic E-state index is 13.9. The number of fused-ring (bicyclic) bond motifs is 1. The molecule has 0 fully saturated rings. The predicted molar refractivity (Wildman–Crippen MR) is 126 cm³/mol. The molecular formula is C26H25FN2O5. The fraction of sp³-hybridized carbons (Fsp3) is 0.231. The fourth-order valence-corrected chi connectivity index (χ4v) is 3.74. The van der Waals surface area contributed by atoms with Gasteiger partial charge in [-0.15, -0.1) is 0 Å². The highest BCUT2D eigenvalue weighted by Gasteiger charge is 2.23. The zero-order valence-corrected chi connectivity index (χ0v) is 18.9. The predicted octanol–water partition coefficient (Wildman–Crippen LogP) is 4.07. The highest BCUT2D eigenvalue weighted by atomic mass is 19.1. The number of esters is 1. The molecule has 4 rings (SSSR count). The van der Waals surface area contributed by atoms with Gasteiger partial charge >= 0.3 is 5.97 Å². The quantitative estimate of drug-likeness (QED) is 0.532. The third kappa shape index (κ3) is 5.64. The first-order chi connectivity index (χ1) is 16.4. The molecule has 3 aromatic rings. The van der Waals surface area contributed by atoms with E-state index < -0.39 is 17.7 Å². The van der Waals surface area contributed by atoms with Crippen LogP contribution >= 0.6 is 0 Å². The van der Waals surface area contributed by atoms with Crippen molar-refractivity contribution < 1.29 is 28.2 Å². The second-order valence-electron chi connectivity index (χ2n) is 7.98. The van der Waals surface area contributed by atoms with Gasteiger partial charge in [-0.1, -0.05) is 12.1 Å². The Morgan fingerprint density at radius 2 is 1.88 bits per heavy atom. The van der Waals surface area contributed by atoms with E-state index in [2.05, 4.69) is 15.0 Å². The van der Waals surface area contributed by atoms with E-state index in [1.807, 2.05) is 31.3 Å². The van der Waals surface area contributed by atoms with Crippen molar-refractivity contribution in [2.24, 2.45) is 0 Å². The second-order valence-corrected chi connectivity index (χ2v) is 7.98. The normalized spacial score (nSPS) is 14.6. The fourth-order valence-electron chi connectivity index (χ4n) is 3.74. The molecule has 0 aromatic heterocycles. The van der Waals surface area contributed by atoms with E-state index in [9.17, 15) is 14.0 Å². The van der Waals surface area contributed by atoms with Crippen molar-refractivity contribution in [3.63, 3.8) is 0 Å². The zero-order valence-electron chi connectivity index (χ0n) is 18.9. The minimum Gasteiger partial charge on any atom is -0.490 e. The number of para-hydroxylation sites is 2. The van der Waals surface area contributed by atoms with Crippen molar-refractivity contribution in [3.05, 3.63) is 83.7 Å². The van der Waals surface area contributed by atoms with Gasteiger partial charge in [0, 0.05) is 18.3 Å². The van der Waals surface area contributed by atoms with Gasteiger partial charge in [0.25, 0.3) is 5.91 Å². The molecule has 1 aliphatic rings. The molecule has 0 bridgehead atoms. The molecule has 34 heavy (non-hydrogen) atoms. The van der Waals surface area contributed by atoms with Gasteiger partial charge in [-0.05, 0) is 60.2 Å². The van der Waals surface area contributed by atoms with Gasteiger partial charge in [0.15, 0.2) is 0 Å². The van der Waals surface area contributed by atoms with Crippen molar-refractivity contribution in [2.75, 3.05) is 37.5 Å². The van der Waals surface area contributed by atoms with Gasteiger partial charge in [-0.25, -0.2) is 4.39 Å². The number of halogens is 1. The molecule has 1 aliphatic heterocycles. The second kappa shape index (κ2) is 10.2. The Morgan fingerprint density at radius 3 is 2.65 bits per heavy atom. The Labute approximate surface area is 197 Å². The average Bonchev–Trinajstić information content (AvgIpc) is 2.82. The Bertz CT molecular complexity index is 1180. The minimum absolute atomic E-state index is 0.0880. The van der Waals surface area contributed by atoms with Gasteiger partial charge in [0.1, 0.15) is 30.0 Å². The van der Waals surface area contributed by atoms with Crippen LogP contribution in [0.3, 0.4) is 0 Å². The van der Waals surface area contributed by atoms with Gasteiger partial charge < -0.3 is 24.4 Å². The van der Waals surface area contributed by atoms with Crippen LogP contribution in [0.25, 0.3) is 0 Å². The van der Waals surface area contributed by atoms with E-state index in [-0.39, 0.29) is 18.2 Å². The lowest BCUT2D eigenvalue weighted by Crippen LogP contribution is -2.41. The summed E-state index contributed by atoms with van der Waals surface area (Å²) in [5.41, 5.74) is 2.09. The van der Waals surface area contributed by atoms with Gasteiger partial charge in [-0.3, -0.25) is 9.59 Å². The third-order valence-corrected chi connectivity index (χ3v) is 5.39. The molecule has 1 atom stereocenters. The van der Waals surface area contributed by atoms with Crippen LogP contribution in [0.15, 0.2) is 66.7 Å². The van der Waals surface area contributed by atoms with Crippen LogP contribution in [0, 0.1) is 5.82 Å². The van der Waals surface area contributed by atoms with Crippen molar-refractivity contribution >= 4 is 23.3 Å². The van der Waals surface area contributed by atoms with Crippen LogP contribution in [0.4, 0.5) is 15.8 Å². The number of methoxy groups -OCH3 is 1. The highest BCUT2D eigenvalue weighted by molar-refractivity contribution is 6.04. The standard InChI is InChI=1S/C26H25FN2O5/c1-29-15-22(34-24-6-4-3-5-23(24)29)16-33-21-9-7-18(8-10-21)26(31)28-20-12-17(11-19(27)14-20)13-25(30)32-2/h3-12,14,22H,13,15-16H2,1-2H3,(H,28,31)/t22-/m0/s1. The number of hydrogen-bond acceptors (Lipinski definition) is 6. The molecule has 1 N–H and O–H groups in total. The molecule has 8 heteroatoms. The van der Waals surface area contributed by atoms with E-state index in [4.69, 9.17) is 9.47 Å². The Kier molecular flexibility index (Phi) is 6.96. The van der Waals surface area contributed by atoms with E-state index in [0.717, 1.165) is 11.4 Å². The number of rotatable bonds is 7. The molecule has 1 amide bonds. The van der Waals surface area contributed by atoms with E-state index in [1.54, 1.807) is 24.3 Å². The molecule has 0 radical (unpaired) electrons. The van der Waals surface area contributed by atoms with Gasteiger partial charge in [0.2, 0.25) is 0 Å². The average molecular weight is 464 g/mol. The highest BCUT2D eigenvalue weighted by Crippen LogP contribution is 2.32. The van der Waals surface area contributed by atoms with Crippen molar-refractivity contribution in [3.8, 4) is 11.5 Å². The summed E-state index contributed by atoms with van der Waals surface area (Å²) in [6.07, 6.45) is -0.218. The number of carbonyl (C=O) groups excluding carboxylic acids is 2. The van der Waals surface area contributed by atoms with Crippen molar-refractivity contribution in [1.29, 1.82) is 0 Å². The molecule has 1 heterocycles. The first-order valence-electron chi connectivity index (χ1n) is 10.8. The number of carbonyl (C=O) groups is 2. The lowest BCUT2D eigenvalue weighted by atomic mass is 10.1. The molecule has 0 saturated carbocycles. The molecule has 176 valence electrons. The van der Waals surface area contributed by atoms with E-state index in [1.165, 1.54) is 25.3 Å². The largest absolute Gasteiger partial charge is 0.490 e. The maximum absolute atomic E-state index is 13.9. The third-order valence-electron chi connectivity index (χ3n) is 5.39. The van der Waals surface area contributed by atoms with Crippen molar-refractivity contribution in [1.82, 2.24) is 0 Å². The number of amides is 1. The number of ether oxygens (including phenoxy) is 3. The summed E-state index contributed by atoms with van der Waals surface area (Å²) in [7, 11) is 3.27. The summed E-state index contributed by atoms with van der Waals surface area (Å²) in [6.45, 7) is 1.06. The van der Waals surface area contributed by atoms with Crippen LogP contribution in [0.2, 0.25) is 0 Å². The van der Waals surface area contributed by atoms with Crippen LogP contribution < -0.4 is 19.7 Å². The lowest BCUT2D eigenvalue weighted by Gasteiger charge is -2.33. The summed E-state index contributed by atoms with van der Waals surface area (Å²) in [5.74, 6) is -0.0293. The summed E-state index contributed by atoms with van der Waals surface area (Å²) in [5, 5.41) is 2.65. The molecule has 7 nitrogen and oxygen atoms in total. The molecular weight excluding hydrogens is 439 g/mol. The smallest absolute Gasteiger partial charge is 0.309 e. The molecule has 0 aliphatic carbocycles. The molecule has 0 saturated heterocycles. The first kappa shape index (κ1) is 23.1. The number of benzene rings is 3. The van der Waals surface area contributed by atoms with Crippen LogP contribution in [-0.4, -0.2) is 45.3 Å². The Balaban J connectivity index is 1.34. The first-order valence-corrected chi connectivity index (χ1v) is 10.8. The lowest BCUT2D eigenvalue weighted by molar-refractivity contribution is -0.139. The van der Waals surface area contributed by atoms with E-state index >= 15 is 0 Å². The van der Waals surface area contributed by atoms with Crippen LogP contribution in [-0.2, 0) is 16.0 Å². The van der Waals surface area contributed by atoms with Gasteiger partial charge in [-0.2, -0.15) is 0 Å². The zero-order chi connectivity index (χ0) is 24.1.